The first-order valence-electron chi connectivity index (χ1n) is 11.8. The first-order valence-corrected chi connectivity index (χ1v) is 14.1. The van der Waals surface area contributed by atoms with E-state index in [-0.39, 0.29) is 36.4 Å². The van der Waals surface area contributed by atoms with Gasteiger partial charge < -0.3 is 9.15 Å². The summed E-state index contributed by atoms with van der Waals surface area (Å²) >= 11 is 1.41. The number of nitrogens with zero attached hydrogens (tertiary/aromatic N) is 3. The molecule has 0 spiro atoms. The maximum atomic E-state index is 13.8. The molecule has 0 radical (unpaired) electrons. The maximum Gasteiger partial charge on any atom is 0.243 e. The number of anilines is 1. The van der Waals surface area contributed by atoms with Gasteiger partial charge in [-0.25, -0.2) is 17.8 Å². The van der Waals surface area contributed by atoms with Crippen LogP contribution in [0.15, 0.2) is 64.1 Å². The SMILES string of the molecule is COc1ccc(C)c2sc(N(Cc3ccco3)C(=O)C3CCN(S(=O)(=O)c4ccc(F)cc4)CC3)nc12. The van der Waals surface area contributed by atoms with E-state index in [1.165, 1.54) is 27.8 Å². The predicted octanol–water partition coefficient (Wildman–Crippen LogP) is 4.98. The van der Waals surface area contributed by atoms with E-state index >= 15 is 0 Å². The summed E-state index contributed by atoms with van der Waals surface area (Å²) in [5.74, 6) is 0.235. The molecule has 4 aromatic rings. The van der Waals surface area contributed by atoms with Crippen molar-refractivity contribution in [1.29, 1.82) is 0 Å². The minimum atomic E-state index is -3.77. The highest BCUT2D eigenvalue weighted by Gasteiger charge is 2.35. The van der Waals surface area contributed by atoms with Crippen molar-refractivity contribution in [2.75, 3.05) is 25.1 Å². The Morgan fingerprint density at radius 2 is 1.92 bits per heavy atom. The molecule has 37 heavy (non-hydrogen) atoms. The molecule has 1 saturated heterocycles. The molecule has 0 bridgehead atoms. The van der Waals surface area contributed by atoms with Crippen molar-refractivity contribution in [2.24, 2.45) is 5.92 Å². The molecule has 2 aromatic heterocycles. The molecule has 1 aliphatic heterocycles. The van der Waals surface area contributed by atoms with Crippen LogP contribution in [0.2, 0.25) is 0 Å². The quantitative estimate of drug-likeness (QED) is 0.327. The number of furan rings is 1. The maximum absolute atomic E-state index is 13.8. The lowest BCUT2D eigenvalue weighted by atomic mass is 9.96. The van der Waals surface area contributed by atoms with Crippen molar-refractivity contribution in [3.8, 4) is 5.75 Å². The first kappa shape index (κ1) is 25.4. The van der Waals surface area contributed by atoms with Crippen molar-refractivity contribution in [2.45, 2.75) is 31.2 Å². The van der Waals surface area contributed by atoms with Crippen LogP contribution in [-0.4, -0.2) is 43.8 Å². The van der Waals surface area contributed by atoms with Crippen molar-refractivity contribution in [3.63, 3.8) is 0 Å². The highest BCUT2D eigenvalue weighted by molar-refractivity contribution is 7.89. The number of carbonyl (C=O) groups excluding carboxylic acids is 1. The van der Waals surface area contributed by atoms with E-state index in [0.29, 0.717) is 35.0 Å². The van der Waals surface area contributed by atoms with Crippen LogP contribution in [0.1, 0.15) is 24.2 Å². The standard InChI is InChI=1S/C26H26FN3O5S2/c1-17-5-10-22(34-2)23-24(17)36-26(28-23)30(16-20-4-3-15-35-20)25(31)18-11-13-29(14-12-18)37(32,33)21-8-6-19(27)7-9-21/h3-10,15,18H,11-14,16H2,1-2H3. The molecule has 0 atom stereocenters. The van der Waals surface area contributed by atoms with Gasteiger partial charge >= 0.3 is 0 Å². The number of amides is 1. The smallest absolute Gasteiger partial charge is 0.243 e. The number of carbonyl (C=O) groups is 1. The summed E-state index contributed by atoms with van der Waals surface area (Å²) in [6, 6.07) is 12.2. The monoisotopic (exact) mass is 543 g/mol. The zero-order valence-corrected chi connectivity index (χ0v) is 22.0. The fourth-order valence-electron chi connectivity index (χ4n) is 4.50. The number of hydrogen-bond donors (Lipinski definition) is 0. The number of halogens is 1. The Kier molecular flexibility index (Phi) is 7.02. The van der Waals surface area contributed by atoms with E-state index in [0.717, 1.165) is 22.4 Å². The third-order valence-electron chi connectivity index (χ3n) is 6.56. The van der Waals surface area contributed by atoms with Gasteiger partial charge in [-0.2, -0.15) is 4.31 Å². The number of sulfonamides is 1. The Labute approximate surface area is 218 Å². The third kappa shape index (κ3) is 4.98. The fraction of sp³-hybridized carbons (Fsp3) is 0.308. The Bertz CT molecular complexity index is 1510. The summed E-state index contributed by atoms with van der Waals surface area (Å²) in [4.78, 5) is 20.2. The molecule has 11 heteroatoms. The lowest BCUT2D eigenvalue weighted by Gasteiger charge is -2.32. The number of benzene rings is 2. The Morgan fingerprint density at radius 1 is 1.19 bits per heavy atom. The molecular weight excluding hydrogens is 517 g/mol. The largest absolute Gasteiger partial charge is 0.494 e. The van der Waals surface area contributed by atoms with Crippen molar-refractivity contribution in [3.05, 3.63) is 71.9 Å². The second-order valence-electron chi connectivity index (χ2n) is 8.89. The number of hydrogen-bond acceptors (Lipinski definition) is 7. The van der Waals surface area contributed by atoms with Crippen LogP contribution in [0.25, 0.3) is 10.2 Å². The van der Waals surface area contributed by atoms with Gasteiger partial charge in [-0.1, -0.05) is 17.4 Å². The predicted molar refractivity (Wildman–Crippen MR) is 139 cm³/mol. The fourth-order valence-corrected chi connectivity index (χ4v) is 7.02. The van der Waals surface area contributed by atoms with Gasteiger partial charge in [0.2, 0.25) is 15.9 Å². The van der Waals surface area contributed by atoms with E-state index in [9.17, 15) is 17.6 Å². The summed E-state index contributed by atoms with van der Waals surface area (Å²) in [6.07, 6.45) is 2.28. The summed E-state index contributed by atoms with van der Waals surface area (Å²) < 4.78 is 52.6. The second-order valence-corrected chi connectivity index (χ2v) is 11.8. The number of piperidine rings is 1. The summed E-state index contributed by atoms with van der Waals surface area (Å²) in [5, 5.41) is 0.533. The summed E-state index contributed by atoms with van der Waals surface area (Å²) in [7, 11) is -2.18. The van der Waals surface area contributed by atoms with Gasteiger partial charge in [-0.05, 0) is 67.8 Å². The molecule has 3 heterocycles. The number of aromatic nitrogens is 1. The lowest BCUT2D eigenvalue weighted by Crippen LogP contribution is -2.44. The first-order chi connectivity index (χ1) is 17.8. The number of ether oxygens (including phenoxy) is 1. The van der Waals surface area contributed by atoms with E-state index in [1.807, 2.05) is 19.1 Å². The van der Waals surface area contributed by atoms with Crippen molar-refractivity contribution >= 4 is 42.6 Å². The third-order valence-corrected chi connectivity index (χ3v) is 9.68. The van der Waals surface area contributed by atoms with Crippen LogP contribution in [-0.2, 0) is 21.4 Å². The average molecular weight is 544 g/mol. The molecule has 0 unspecified atom stereocenters. The Morgan fingerprint density at radius 3 is 2.57 bits per heavy atom. The van der Waals surface area contributed by atoms with Crippen LogP contribution in [0.3, 0.4) is 0 Å². The average Bonchev–Trinajstić information content (AvgIpc) is 3.58. The van der Waals surface area contributed by atoms with Crippen molar-refractivity contribution < 1.29 is 26.8 Å². The number of methoxy groups -OCH3 is 1. The van der Waals surface area contributed by atoms with Crippen LogP contribution in [0.5, 0.6) is 5.75 Å². The molecule has 1 fully saturated rings. The zero-order valence-electron chi connectivity index (χ0n) is 20.4. The van der Waals surface area contributed by atoms with E-state index in [1.54, 1.807) is 30.4 Å². The number of rotatable bonds is 7. The highest BCUT2D eigenvalue weighted by atomic mass is 32.2. The van der Waals surface area contributed by atoms with Crippen LogP contribution in [0.4, 0.5) is 9.52 Å². The Balaban J connectivity index is 1.39. The molecule has 0 saturated carbocycles. The molecule has 5 rings (SSSR count). The summed E-state index contributed by atoms with van der Waals surface area (Å²) in [6.45, 7) is 2.58. The number of aryl methyl sites for hydroxylation is 1. The molecule has 0 aliphatic carbocycles. The lowest BCUT2D eigenvalue weighted by molar-refractivity contribution is -0.123. The molecule has 194 valence electrons. The van der Waals surface area contributed by atoms with Crippen LogP contribution < -0.4 is 9.64 Å². The molecule has 8 nitrogen and oxygen atoms in total. The van der Waals surface area contributed by atoms with Gasteiger partial charge in [-0.3, -0.25) is 9.69 Å². The van der Waals surface area contributed by atoms with Gasteiger partial charge in [0.15, 0.2) is 5.13 Å². The van der Waals surface area contributed by atoms with E-state index in [2.05, 4.69) is 0 Å². The molecular formula is C26H26FN3O5S2. The number of thiazole rings is 1. The van der Waals surface area contributed by atoms with Gasteiger partial charge in [0.05, 0.1) is 29.5 Å². The minimum absolute atomic E-state index is 0.0388. The zero-order chi connectivity index (χ0) is 26.2. The second kappa shape index (κ2) is 10.2. The molecule has 1 amide bonds. The highest BCUT2D eigenvalue weighted by Crippen LogP contribution is 2.38. The van der Waals surface area contributed by atoms with Gasteiger partial charge in [0, 0.05) is 19.0 Å². The van der Waals surface area contributed by atoms with Gasteiger partial charge in [0.25, 0.3) is 0 Å². The van der Waals surface area contributed by atoms with Gasteiger partial charge in [0.1, 0.15) is 22.8 Å². The van der Waals surface area contributed by atoms with Crippen LogP contribution >= 0.6 is 11.3 Å². The molecule has 2 aromatic carbocycles. The minimum Gasteiger partial charge on any atom is -0.494 e. The van der Waals surface area contributed by atoms with Crippen LogP contribution in [0, 0.1) is 18.7 Å². The van der Waals surface area contributed by atoms with Crippen molar-refractivity contribution in [1.82, 2.24) is 9.29 Å². The van der Waals surface area contributed by atoms with E-state index in [4.69, 9.17) is 14.1 Å². The molecule has 0 N–H and O–H groups in total. The summed E-state index contributed by atoms with van der Waals surface area (Å²) in [5.41, 5.74) is 1.73. The molecule has 1 aliphatic rings. The normalized spacial score (nSPS) is 15.2. The van der Waals surface area contributed by atoms with E-state index < -0.39 is 15.8 Å². The topological polar surface area (TPSA) is 93.0 Å². The number of fused-ring (bicyclic) bond motifs is 1. The van der Waals surface area contributed by atoms with Gasteiger partial charge in [-0.15, -0.1) is 0 Å². The Hall–Kier alpha value is -3.28.